The van der Waals surface area contributed by atoms with E-state index in [1.54, 1.807) is 14.2 Å². The van der Waals surface area contributed by atoms with Crippen LogP contribution in [0, 0.1) is 11.5 Å². The van der Waals surface area contributed by atoms with Crippen molar-refractivity contribution in [2.75, 3.05) is 21.0 Å². The van der Waals surface area contributed by atoms with Crippen LogP contribution >= 0.6 is 0 Å². The van der Waals surface area contributed by atoms with Gasteiger partial charge >= 0.3 is 7.12 Å². The Labute approximate surface area is 225 Å². The molecule has 0 saturated carbocycles. The third kappa shape index (κ3) is 5.45. The largest absolute Gasteiger partial charge is 0.495 e. The summed E-state index contributed by atoms with van der Waals surface area (Å²) in [4.78, 5) is 0. The minimum Gasteiger partial charge on any atom is -0.495 e. The van der Waals surface area contributed by atoms with E-state index < -0.39 is 26.4 Å². The van der Waals surface area contributed by atoms with Crippen LogP contribution in [0.2, 0.25) is 16.6 Å². The van der Waals surface area contributed by atoms with E-state index in [9.17, 15) is 0 Å². The van der Waals surface area contributed by atoms with Crippen molar-refractivity contribution in [3.63, 3.8) is 0 Å². The summed E-state index contributed by atoms with van der Waals surface area (Å²) in [5.41, 5.74) is 6.27. The van der Waals surface area contributed by atoms with Gasteiger partial charge in [0.25, 0.3) is 0 Å². The van der Waals surface area contributed by atoms with Gasteiger partial charge in [0.15, 0.2) is 6.79 Å². The molecule has 0 unspecified atom stereocenters. The van der Waals surface area contributed by atoms with Crippen molar-refractivity contribution < 1.29 is 23.5 Å². The molecule has 0 aromatic heterocycles. The number of fused-ring (bicyclic) bond motifs is 1. The molecule has 202 valence electrons. The van der Waals surface area contributed by atoms with Gasteiger partial charge in [0, 0.05) is 12.5 Å². The number of methoxy groups -OCH3 is 2. The summed E-state index contributed by atoms with van der Waals surface area (Å²) in [7, 11) is 0.765. The fourth-order valence-corrected chi connectivity index (χ4v) is 10.9. The molecule has 0 radical (unpaired) electrons. The molecule has 0 amide bonds. The predicted molar refractivity (Wildman–Crippen MR) is 157 cm³/mol. The van der Waals surface area contributed by atoms with Crippen LogP contribution in [0.4, 0.5) is 0 Å². The molecule has 37 heavy (non-hydrogen) atoms. The number of hydrogen-bond acceptors (Lipinski definition) is 5. The van der Waals surface area contributed by atoms with Crippen LogP contribution in [-0.2, 0) is 14.0 Å². The van der Waals surface area contributed by atoms with E-state index in [0.717, 1.165) is 27.5 Å². The van der Waals surface area contributed by atoms with Gasteiger partial charge in [-0.05, 0) is 73.4 Å². The second kappa shape index (κ2) is 11.0. The Balaban J connectivity index is 2.36. The summed E-state index contributed by atoms with van der Waals surface area (Å²) in [6.45, 7) is 22.4. The smallest absolute Gasteiger partial charge is 0.495 e. The molecule has 1 aliphatic rings. The second-order valence-electron chi connectivity index (χ2n) is 12.0. The first-order valence-electron chi connectivity index (χ1n) is 13.4. The van der Waals surface area contributed by atoms with Gasteiger partial charge in [-0.1, -0.05) is 53.5 Å². The van der Waals surface area contributed by atoms with E-state index >= 15 is 0 Å². The highest BCUT2D eigenvalue weighted by Gasteiger charge is 2.52. The van der Waals surface area contributed by atoms with Crippen LogP contribution < -0.4 is 14.9 Å². The molecule has 5 nitrogen and oxygen atoms in total. The quantitative estimate of drug-likeness (QED) is 0.219. The highest BCUT2D eigenvalue weighted by atomic mass is 28.3. The lowest BCUT2D eigenvalue weighted by molar-refractivity contribution is 0.00578. The Bertz CT molecular complexity index is 1140. The number of rotatable bonds is 8. The van der Waals surface area contributed by atoms with E-state index in [4.69, 9.17) is 23.5 Å². The van der Waals surface area contributed by atoms with Crippen LogP contribution in [0.25, 0.3) is 10.8 Å². The van der Waals surface area contributed by atoms with Gasteiger partial charge in [0.2, 0.25) is 0 Å². The lowest BCUT2D eigenvalue weighted by Gasteiger charge is -2.38. The normalized spacial score (nSPS) is 17.0. The van der Waals surface area contributed by atoms with Crippen molar-refractivity contribution >= 4 is 31.4 Å². The Morgan fingerprint density at radius 2 is 1.46 bits per heavy atom. The SMILES string of the molecule is COCOc1cc(B2OC(C)(C)C(C)(C)O2)c2c(C#C[Si](C(C)C)(C(C)C)C(C)C)c(OC)ccc2c1. The maximum Gasteiger partial charge on any atom is 0.495 e. The molecule has 1 fully saturated rings. The lowest BCUT2D eigenvalue weighted by atomic mass is 9.74. The monoisotopic (exact) mass is 524 g/mol. The lowest BCUT2D eigenvalue weighted by Crippen LogP contribution is -2.43. The highest BCUT2D eigenvalue weighted by molar-refractivity contribution is 6.90. The van der Waals surface area contributed by atoms with Crippen molar-refractivity contribution in [2.24, 2.45) is 0 Å². The first-order chi connectivity index (χ1) is 17.2. The van der Waals surface area contributed by atoms with Crippen molar-refractivity contribution in [3.8, 4) is 23.0 Å². The van der Waals surface area contributed by atoms with Crippen LogP contribution in [0.1, 0.15) is 74.8 Å². The Morgan fingerprint density at radius 1 is 0.892 bits per heavy atom. The first kappa shape index (κ1) is 29.6. The molecular weight excluding hydrogens is 479 g/mol. The van der Waals surface area contributed by atoms with Crippen molar-refractivity contribution in [1.82, 2.24) is 0 Å². The zero-order valence-electron chi connectivity index (χ0n) is 24.9. The maximum atomic E-state index is 6.52. The fraction of sp³-hybridized carbons (Fsp3) is 0.600. The van der Waals surface area contributed by atoms with Crippen LogP contribution in [-0.4, -0.2) is 47.4 Å². The topological polar surface area (TPSA) is 46.2 Å². The summed E-state index contributed by atoms with van der Waals surface area (Å²) in [6, 6.07) is 8.05. The Kier molecular flexibility index (Phi) is 8.81. The zero-order valence-corrected chi connectivity index (χ0v) is 25.9. The highest BCUT2D eigenvalue weighted by Crippen LogP contribution is 2.42. The summed E-state index contributed by atoms with van der Waals surface area (Å²) in [5.74, 6) is 5.12. The predicted octanol–water partition coefficient (Wildman–Crippen LogP) is 6.70. The van der Waals surface area contributed by atoms with Gasteiger partial charge in [0.05, 0.1) is 23.9 Å². The molecule has 2 aromatic carbocycles. The maximum absolute atomic E-state index is 6.52. The molecule has 1 heterocycles. The van der Waals surface area contributed by atoms with Gasteiger partial charge < -0.3 is 23.5 Å². The van der Waals surface area contributed by atoms with E-state index in [-0.39, 0.29) is 6.79 Å². The molecule has 2 aromatic rings. The fourth-order valence-electron chi connectivity index (χ4n) is 5.72. The van der Waals surface area contributed by atoms with Gasteiger partial charge in [-0.2, -0.15) is 0 Å². The molecule has 3 rings (SSSR count). The standard InChI is InChI=1S/C30H45BO5Si/c1-20(2)37(21(3)4,22(5)6)16-15-25-27(33-12)14-13-23-17-24(34-19-32-11)18-26(28(23)25)31-35-29(7,8)30(9,10)36-31/h13-14,17-18,20-22H,19H2,1-12H3. The van der Waals surface area contributed by atoms with E-state index in [2.05, 4.69) is 80.7 Å². The summed E-state index contributed by atoms with van der Waals surface area (Å²) >= 11 is 0. The Morgan fingerprint density at radius 3 is 1.95 bits per heavy atom. The van der Waals surface area contributed by atoms with E-state index in [1.807, 2.05) is 24.3 Å². The summed E-state index contributed by atoms with van der Waals surface area (Å²) in [5, 5.41) is 1.98. The molecule has 0 aliphatic carbocycles. The zero-order chi connectivity index (χ0) is 27.8. The van der Waals surface area contributed by atoms with Crippen molar-refractivity contribution in [1.29, 1.82) is 0 Å². The minimum atomic E-state index is -1.98. The molecule has 1 saturated heterocycles. The average molecular weight is 525 g/mol. The van der Waals surface area contributed by atoms with Crippen LogP contribution in [0.3, 0.4) is 0 Å². The van der Waals surface area contributed by atoms with Gasteiger partial charge in [-0.25, -0.2) is 0 Å². The average Bonchev–Trinajstić information content (AvgIpc) is 3.03. The number of ether oxygens (including phenoxy) is 3. The molecule has 1 aliphatic heterocycles. The van der Waals surface area contributed by atoms with Gasteiger partial charge in [-0.15, -0.1) is 5.54 Å². The molecule has 7 heteroatoms. The second-order valence-corrected chi connectivity index (χ2v) is 17.6. The minimum absolute atomic E-state index is 0.155. The summed E-state index contributed by atoms with van der Waals surface area (Å²) < 4.78 is 30.0. The number of hydrogen-bond donors (Lipinski definition) is 0. The van der Waals surface area contributed by atoms with Gasteiger partial charge in [-0.3, -0.25) is 0 Å². The molecule has 0 spiro atoms. The molecule has 0 atom stereocenters. The Hall–Kier alpha value is -1.98. The van der Waals surface area contributed by atoms with Gasteiger partial charge in [0.1, 0.15) is 19.6 Å². The van der Waals surface area contributed by atoms with Crippen molar-refractivity contribution in [3.05, 3.63) is 29.8 Å². The van der Waals surface area contributed by atoms with E-state index in [1.165, 1.54) is 0 Å². The molecule has 0 bridgehead atoms. The summed E-state index contributed by atoms with van der Waals surface area (Å²) in [6.07, 6.45) is 0. The van der Waals surface area contributed by atoms with Crippen LogP contribution in [0.5, 0.6) is 11.5 Å². The first-order valence-corrected chi connectivity index (χ1v) is 15.6. The third-order valence-electron chi connectivity index (χ3n) is 8.42. The van der Waals surface area contributed by atoms with Crippen molar-refractivity contribution in [2.45, 2.75) is 97.1 Å². The van der Waals surface area contributed by atoms with Crippen LogP contribution in [0.15, 0.2) is 24.3 Å². The molecule has 0 N–H and O–H groups in total. The number of benzene rings is 2. The third-order valence-corrected chi connectivity index (χ3v) is 14.7. The van der Waals surface area contributed by atoms with E-state index in [0.29, 0.717) is 22.4 Å². The molecular formula is C30H45BO5Si.